The zero-order valence-corrected chi connectivity index (χ0v) is 12.4. The van der Waals surface area contributed by atoms with Crippen LogP contribution in [0.25, 0.3) is 10.9 Å². The molecule has 1 aromatic heterocycles. The number of likely N-dealkylation sites (tertiary alicyclic amines) is 1. The Labute approximate surface area is 128 Å². The first kappa shape index (κ1) is 14.7. The number of hydrogen-bond donors (Lipinski definition) is 0. The lowest BCUT2D eigenvalue weighted by Gasteiger charge is -2.26. The molecule has 0 radical (unpaired) electrons. The monoisotopic (exact) mass is 299 g/mol. The summed E-state index contributed by atoms with van der Waals surface area (Å²) in [6.45, 7) is 3.40. The fourth-order valence-electron chi connectivity index (χ4n) is 3.11. The Kier molecular flexibility index (Phi) is 4.21. The number of nitrogens with zero attached hydrogens (tertiary/aromatic N) is 3. The van der Waals surface area contributed by atoms with Gasteiger partial charge in [-0.15, -0.1) is 0 Å². The number of nitriles is 1. The van der Waals surface area contributed by atoms with Gasteiger partial charge in [-0.2, -0.15) is 5.26 Å². The largest absolute Gasteiger partial charge is 0.307 e. The van der Waals surface area contributed by atoms with Crippen LogP contribution in [0.3, 0.4) is 0 Å². The number of aromatic nitrogens is 1. The van der Waals surface area contributed by atoms with Crippen molar-refractivity contribution in [3.63, 3.8) is 0 Å². The number of benzene rings is 1. The van der Waals surface area contributed by atoms with E-state index in [9.17, 15) is 9.18 Å². The van der Waals surface area contributed by atoms with Crippen LogP contribution in [0, 0.1) is 17.1 Å². The minimum Gasteiger partial charge on any atom is -0.307 e. The van der Waals surface area contributed by atoms with Gasteiger partial charge in [0.2, 0.25) is 0 Å². The molecule has 0 N–H and O–H groups in total. The first-order valence-electron chi connectivity index (χ1n) is 7.64. The quantitative estimate of drug-likeness (QED) is 0.875. The summed E-state index contributed by atoms with van der Waals surface area (Å²) >= 11 is 0. The van der Waals surface area contributed by atoms with Crippen LogP contribution >= 0.6 is 0 Å². The van der Waals surface area contributed by atoms with E-state index < -0.39 is 5.82 Å². The van der Waals surface area contributed by atoms with Gasteiger partial charge in [-0.3, -0.25) is 4.79 Å². The van der Waals surface area contributed by atoms with E-state index >= 15 is 0 Å². The lowest BCUT2D eigenvalue weighted by atomic mass is 10.1. The summed E-state index contributed by atoms with van der Waals surface area (Å²) in [6.07, 6.45) is 3.65. The van der Waals surface area contributed by atoms with Crippen molar-refractivity contribution in [2.75, 3.05) is 19.6 Å². The Balaban J connectivity index is 1.97. The van der Waals surface area contributed by atoms with Gasteiger partial charge in [-0.1, -0.05) is 6.42 Å². The molecule has 114 valence electrons. The molecule has 0 unspecified atom stereocenters. The molecule has 1 aliphatic rings. The third kappa shape index (κ3) is 2.88. The highest BCUT2D eigenvalue weighted by Gasteiger charge is 2.13. The average molecular weight is 299 g/mol. The fraction of sp³-hybridized carbons (Fsp3) is 0.412. The lowest BCUT2D eigenvalue weighted by Crippen LogP contribution is -2.34. The van der Waals surface area contributed by atoms with Crippen LogP contribution < -0.4 is 5.56 Å². The zero-order chi connectivity index (χ0) is 15.5. The molecule has 3 rings (SSSR count). The van der Waals surface area contributed by atoms with E-state index in [-0.39, 0.29) is 11.1 Å². The molecular weight excluding hydrogens is 281 g/mol. The van der Waals surface area contributed by atoms with Crippen LogP contribution in [0.1, 0.15) is 24.8 Å². The number of fused-ring (bicyclic) bond motifs is 1. The Morgan fingerprint density at radius 2 is 1.91 bits per heavy atom. The van der Waals surface area contributed by atoms with Crippen molar-refractivity contribution >= 4 is 10.9 Å². The van der Waals surface area contributed by atoms with Gasteiger partial charge in [0.05, 0.1) is 17.1 Å². The molecule has 1 aromatic carbocycles. The third-order valence-electron chi connectivity index (χ3n) is 4.28. The maximum Gasteiger partial charge on any atom is 0.251 e. The second kappa shape index (κ2) is 6.29. The Morgan fingerprint density at radius 3 is 2.64 bits per heavy atom. The van der Waals surface area contributed by atoms with E-state index in [1.54, 1.807) is 10.6 Å². The molecule has 2 heterocycles. The maximum atomic E-state index is 13.7. The van der Waals surface area contributed by atoms with Gasteiger partial charge in [-0.05, 0) is 44.1 Å². The van der Waals surface area contributed by atoms with Crippen LogP contribution in [0.4, 0.5) is 4.39 Å². The highest BCUT2D eigenvalue weighted by molar-refractivity contribution is 5.85. The van der Waals surface area contributed by atoms with Gasteiger partial charge in [0, 0.05) is 24.5 Å². The van der Waals surface area contributed by atoms with Crippen molar-refractivity contribution in [1.29, 1.82) is 5.26 Å². The Hall–Kier alpha value is -2.19. The molecule has 1 saturated heterocycles. The minimum atomic E-state index is -0.485. The number of pyridine rings is 1. The molecular formula is C17H18FN3O. The minimum absolute atomic E-state index is 0.154. The zero-order valence-electron chi connectivity index (χ0n) is 12.4. The van der Waals surface area contributed by atoms with Gasteiger partial charge in [0.15, 0.2) is 0 Å². The molecule has 22 heavy (non-hydrogen) atoms. The summed E-state index contributed by atoms with van der Waals surface area (Å²) in [6, 6.07) is 7.61. The van der Waals surface area contributed by atoms with Crippen LogP contribution in [0.15, 0.2) is 29.1 Å². The topological polar surface area (TPSA) is 49.0 Å². The van der Waals surface area contributed by atoms with E-state index in [4.69, 9.17) is 5.26 Å². The predicted octanol–water partition coefficient (Wildman–Crippen LogP) is 2.50. The van der Waals surface area contributed by atoms with Crippen molar-refractivity contribution in [1.82, 2.24) is 9.47 Å². The summed E-state index contributed by atoms with van der Waals surface area (Å²) in [4.78, 5) is 14.5. The van der Waals surface area contributed by atoms with Gasteiger partial charge in [0.1, 0.15) is 5.82 Å². The first-order valence-corrected chi connectivity index (χ1v) is 7.64. The number of rotatable bonds is 3. The third-order valence-corrected chi connectivity index (χ3v) is 4.28. The molecule has 0 saturated carbocycles. The number of halogens is 1. The van der Waals surface area contributed by atoms with Crippen LogP contribution in [0.2, 0.25) is 0 Å². The lowest BCUT2D eigenvalue weighted by molar-refractivity contribution is 0.221. The number of piperidine rings is 1. The van der Waals surface area contributed by atoms with Crippen molar-refractivity contribution in [3.8, 4) is 6.07 Å². The van der Waals surface area contributed by atoms with Crippen LogP contribution in [-0.4, -0.2) is 29.1 Å². The molecule has 4 nitrogen and oxygen atoms in total. The fourth-order valence-corrected chi connectivity index (χ4v) is 3.11. The summed E-state index contributed by atoms with van der Waals surface area (Å²) < 4.78 is 15.3. The average Bonchev–Trinajstić information content (AvgIpc) is 2.54. The molecule has 2 aromatic rings. The van der Waals surface area contributed by atoms with Gasteiger partial charge in [0.25, 0.3) is 5.56 Å². The number of hydrogen-bond acceptors (Lipinski definition) is 3. The first-order chi connectivity index (χ1) is 10.7. The molecule has 0 spiro atoms. The smallest absolute Gasteiger partial charge is 0.251 e. The van der Waals surface area contributed by atoms with Gasteiger partial charge >= 0.3 is 0 Å². The molecule has 0 bridgehead atoms. The van der Waals surface area contributed by atoms with E-state index in [2.05, 4.69) is 4.90 Å². The Morgan fingerprint density at radius 1 is 1.14 bits per heavy atom. The molecule has 1 fully saturated rings. The standard InChI is InChI=1S/C17H18FN3O/c18-14-10-13(12-19)15-4-5-17(22)21(16(15)11-14)9-8-20-6-2-1-3-7-20/h4-5,10-11H,1-3,6-9H2. The summed E-state index contributed by atoms with van der Waals surface area (Å²) in [5, 5.41) is 9.77. The van der Waals surface area contributed by atoms with Crippen molar-refractivity contribution < 1.29 is 4.39 Å². The van der Waals surface area contributed by atoms with Crippen LogP contribution in [-0.2, 0) is 6.54 Å². The van der Waals surface area contributed by atoms with E-state index in [1.807, 2.05) is 6.07 Å². The SMILES string of the molecule is N#Cc1cc(F)cc2c1ccc(=O)n2CCN1CCCCC1. The molecule has 1 aliphatic heterocycles. The molecule has 0 aliphatic carbocycles. The van der Waals surface area contributed by atoms with Crippen LogP contribution in [0.5, 0.6) is 0 Å². The van der Waals surface area contributed by atoms with E-state index in [1.165, 1.54) is 37.5 Å². The van der Waals surface area contributed by atoms with Crippen molar-refractivity contribution in [2.45, 2.75) is 25.8 Å². The maximum absolute atomic E-state index is 13.7. The summed E-state index contributed by atoms with van der Waals surface area (Å²) in [5.74, 6) is -0.485. The Bertz CT molecular complexity index is 785. The van der Waals surface area contributed by atoms with Crippen molar-refractivity contribution in [3.05, 3.63) is 46.0 Å². The highest BCUT2D eigenvalue weighted by Crippen LogP contribution is 2.19. The van der Waals surface area contributed by atoms with E-state index in [0.717, 1.165) is 19.6 Å². The van der Waals surface area contributed by atoms with E-state index in [0.29, 0.717) is 17.4 Å². The highest BCUT2D eigenvalue weighted by atomic mass is 19.1. The van der Waals surface area contributed by atoms with Gasteiger partial charge in [-0.25, -0.2) is 4.39 Å². The molecule has 0 atom stereocenters. The van der Waals surface area contributed by atoms with Crippen molar-refractivity contribution in [2.24, 2.45) is 0 Å². The summed E-state index contributed by atoms with van der Waals surface area (Å²) in [5.41, 5.74) is 0.613. The second-order valence-electron chi connectivity index (χ2n) is 5.72. The summed E-state index contributed by atoms with van der Waals surface area (Å²) in [7, 11) is 0. The van der Waals surface area contributed by atoms with Gasteiger partial charge < -0.3 is 9.47 Å². The second-order valence-corrected chi connectivity index (χ2v) is 5.72. The molecule has 5 heteroatoms. The predicted molar refractivity (Wildman–Crippen MR) is 83.2 cm³/mol. The normalized spacial score (nSPS) is 15.8. The molecule has 0 amide bonds.